The Hall–Kier alpha value is -1.80. The lowest BCUT2D eigenvalue weighted by molar-refractivity contribution is 0.575. The van der Waals surface area contributed by atoms with Gasteiger partial charge in [0.25, 0.3) is 0 Å². The van der Waals surface area contributed by atoms with Gasteiger partial charge in [-0.15, -0.1) is 11.3 Å². The maximum atomic E-state index is 7.47. The average Bonchev–Trinajstić information content (AvgIpc) is 2.96. The topological polar surface area (TPSA) is 114 Å². The molecule has 0 radical (unpaired) electrons. The number of thioether (sulfide) groups is 1. The smallest absolute Gasteiger partial charge is 0.236 e. The van der Waals surface area contributed by atoms with E-state index in [1.54, 1.807) is 17.6 Å². The first-order valence-electron chi connectivity index (χ1n) is 4.94. The maximum absolute atomic E-state index is 7.47. The molecule has 2 aromatic heterocycles. The molecule has 5 N–H and O–H groups in total. The molecule has 0 saturated heterocycles. The van der Waals surface area contributed by atoms with Gasteiger partial charge in [0.15, 0.2) is 11.1 Å². The number of rotatable bonds is 3. The largest absolute Gasteiger partial charge is 0.444 e. The van der Waals surface area contributed by atoms with Gasteiger partial charge in [-0.1, -0.05) is 17.8 Å². The molecule has 0 saturated carbocycles. The molecule has 2 rings (SSSR count). The molecule has 6 nitrogen and oxygen atoms in total. The van der Waals surface area contributed by atoms with Gasteiger partial charge in [-0.05, 0) is 11.4 Å². The number of nitrogens with zero attached hydrogens (tertiary/aromatic N) is 2. The van der Waals surface area contributed by atoms with Crippen molar-refractivity contribution in [1.29, 1.82) is 5.41 Å². The van der Waals surface area contributed by atoms with Crippen LogP contribution in [0.3, 0.4) is 0 Å². The molecule has 2 aromatic rings. The summed E-state index contributed by atoms with van der Waals surface area (Å²) in [5.41, 5.74) is 11.1. The van der Waals surface area contributed by atoms with Crippen LogP contribution in [0.2, 0.25) is 0 Å². The molecule has 0 amide bonds. The fraction of sp³-hybridized carbons (Fsp3) is 0.100. The highest BCUT2D eigenvalue weighted by atomic mass is 32.2. The monoisotopic (exact) mass is 281 g/mol. The van der Waals surface area contributed by atoms with E-state index in [2.05, 4.69) is 9.98 Å². The standard InChI is InChI=1S/C10H11N5OS2/c11-9(12)15-10(13)18-5-6-4-16-8(14-6)7-2-1-3-17-7/h1-4H,5H2,(H5,11,12,13,15). The van der Waals surface area contributed by atoms with Crippen molar-refractivity contribution in [3.8, 4) is 10.8 Å². The zero-order valence-corrected chi connectivity index (χ0v) is 10.9. The Balaban J connectivity index is 1.96. The third-order valence-corrected chi connectivity index (χ3v) is 3.53. The number of aliphatic imine (C=N–C) groups is 1. The van der Waals surface area contributed by atoms with Gasteiger partial charge in [-0.3, -0.25) is 5.41 Å². The molecule has 8 heteroatoms. The van der Waals surface area contributed by atoms with E-state index in [-0.39, 0.29) is 11.1 Å². The number of nitrogens with two attached hydrogens (primary N) is 2. The van der Waals surface area contributed by atoms with Gasteiger partial charge in [0.05, 0.1) is 10.6 Å². The van der Waals surface area contributed by atoms with E-state index < -0.39 is 0 Å². The molecule has 0 atom stereocenters. The van der Waals surface area contributed by atoms with Crippen LogP contribution in [-0.2, 0) is 5.75 Å². The Labute approximate surface area is 112 Å². The summed E-state index contributed by atoms with van der Waals surface area (Å²) < 4.78 is 5.35. The number of amidine groups is 1. The molecule has 2 heterocycles. The van der Waals surface area contributed by atoms with Crippen molar-refractivity contribution in [3.05, 3.63) is 29.5 Å². The van der Waals surface area contributed by atoms with Crippen molar-refractivity contribution < 1.29 is 4.42 Å². The van der Waals surface area contributed by atoms with Crippen LogP contribution in [0.1, 0.15) is 5.69 Å². The zero-order chi connectivity index (χ0) is 13.0. The first-order valence-corrected chi connectivity index (χ1v) is 6.81. The van der Waals surface area contributed by atoms with Crippen LogP contribution in [0, 0.1) is 5.41 Å². The Morgan fingerprint density at radius 1 is 1.56 bits per heavy atom. The van der Waals surface area contributed by atoms with Crippen LogP contribution in [0.5, 0.6) is 0 Å². The van der Waals surface area contributed by atoms with Crippen molar-refractivity contribution in [2.45, 2.75) is 5.75 Å². The lowest BCUT2D eigenvalue weighted by Crippen LogP contribution is -2.23. The molecule has 0 aliphatic heterocycles. The Morgan fingerprint density at radius 2 is 2.39 bits per heavy atom. The van der Waals surface area contributed by atoms with E-state index >= 15 is 0 Å². The van der Waals surface area contributed by atoms with Crippen molar-refractivity contribution in [1.82, 2.24) is 4.98 Å². The molecular weight excluding hydrogens is 270 g/mol. The van der Waals surface area contributed by atoms with Gasteiger partial charge in [0.1, 0.15) is 6.26 Å². The minimum absolute atomic E-state index is 0.0515. The van der Waals surface area contributed by atoms with Crippen LogP contribution in [0.15, 0.2) is 33.2 Å². The molecule has 94 valence electrons. The van der Waals surface area contributed by atoms with E-state index in [1.807, 2.05) is 17.5 Å². The predicted molar refractivity (Wildman–Crippen MR) is 74.6 cm³/mol. The lowest BCUT2D eigenvalue weighted by atomic mass is 10.5. The third kappa shape index (κ3) is 3.34. The van der Waals surface area contributed by atoms with Crippen molar-refractivity contribution in [3.63, 3.8) is 0 Å². The summed E-state index contributed by atoms with van der Waals surface area (Å²) in [6, 6.07) is 3.88. The molecule has 0 aliphatic rings. The molecule has 0 aliphatic carbocycles. The van der Waals surface area contributed by atoms with Crippen LogP contribution >= 0.6 is 23.1 Å². The van der Waals surface area contributed by atoms with Crippen LogP contribution in [0.25, 0.3) is 10.8 Å². The highest BCUT2D eigenvalue weighted by Gasteiger charge is 2.08. The highest BCUT2D eigenvalue weighted by molar-refractivity contribution is 8.13. The molecule has 0 fully saturated rings. The van der Waals surface area contributed by atoms with E-state index in [9.17, 15) is 0 Å². The minimum atomic E-state index is -0.119. The Kier molecular flexibility index (Phi) is 4.00. The minimum Gasteiger partial charge on any atom is -0.444 e. The quantitative estimate of drug-likeness (QED) is 0.586. The highest BCUT2D eigenvalue weighted by Crippen LogP contribution is 2.24. The van der Waals surface area contributed by atoms with Crippen LogP contribution in [0.4, 0.5) is 0 Å². The van der Waals surface area contributed by atoms with E-state index in [0.29, 0.717) is 11.6 Å². The molecule has 0 unspecified atom stereocenters. The summed E-state index contributed by atoms with van der Waals surface area (Å²) in [5, 5.41) is 9.49. The Bertz CT molecular complexity index is 557. The number of aromatic nitrogens is 1. The summed E-state index contributed by atoms with van der Waals surface area (Å²) >= 11 is 2.75. The SMILES string of the molecule is N=C(N=C(N)N)SCc1coc(-c2cccs2)n1. The molecule has 0 bridgehead atoms. The fourth-order valence-electron chi connectivity index (χ4n) is 1.18. The van der Waals surface area contributed by atoms with Crippen LogP contribution in [-0.4, -0.2) is 16.1 Å². The normalized spacial score (nSPS) is 10.2. The molecule has 0 aromatic carbocycles. The van der Waals surface area contributed by atoms with E-state index in [0.717, 1.165) is 10.6 Å². The summed E-state index contributed by atoms with van der Waals surface area (Å²) in [6.07, 6.45) is 1.57. The number of nitrogens with one attached hydrogen (secondary N) is 1. The van der Waals surface area contributed by atoms with Gasteiger partial charge < -0.3 is 15.9 Å². The second-order valence-electron chi connectivity index (χ2n) is 3.25. The molecular formula is C10H11N5OS2. The van der Waals surface area contributed by atoms with Gasteiger partial charge in [-0.25, -0.2) is 4.98 Å². The summed E-state index contributed by atoms with van der Waals surface area (Å²) in [4.78, 5) is 8.91. The number of guanidine groups is 1. The summed E-state index contributed by atoms with van der Waals surface area (Å²) in [6.45, 7) is 0. The van der Waals surface area contributed by atoms with Gasteiger partial charge in [0, 0.05) is 5.75 Å². The molecule has 18 heavy (non-hydrogen) atoms. The number of hydrogen-bond acceptors (Lipinski definition) is 5. The first kappa shape index (κ1) is 12.7. The number of hydrogen-bond donors (Lipinski definition) is 3. The fourth-order valence-corrected chi connectivity index (χ4v) is 2.42. The van der Waals surface area contributed by atoms with E-state index in [1.165, 1.54) is 11.8 Å². The average molecular weight is 281 g/mol. The van der Waals surface area contributed by atoms with Gasteiger partial charge >= 0.3 is 0 Å². The van der Waals surface area contributed by atoms with Crippen molar-refractivity contribution in [2.75, 3.05) is 0 Å². The first-order chi connectivity index (χ1) is 8.65. The second kappa shape index (κ2) is 5.69. The summed E-state index contributed by atoms with van der Waals surface area (Å²) in [5.74, 6) is 0.964. The number of thiophene rings is 1. The van der Waals surface area contributed by atoms with Crippen molar-refractivity contribution >= 4 is 34.2 Å². The third-order valence-electron chi connectivity index (χ3n) is 1.87. The maximum Gasteiger partial charge on any atom is 0.236 e. The van der Waals surface area contributed by atoms with Crippen LogP contribution < -0.4 is 11.5 Å². The van der Waals surface area contributed by atoms with Gasteiger partial charge in [-0.2, -0.15) is 4.99 Å². The molecule has 0 spiro atoms. The van der Waals surface area contributed by atoms with Gasteiger partial charge in [0.2, 0.25) is 5.89 Å². The summed E-state index contributed by atoms with van der Waals surface area (Å²) in [7, 11) is 0. The van der Waals surface area contributed by atoms with Crippen molar-refractivity contribution in [2.24, 2.45) is 16.5 Å². The van der Waals surface area contributed by atoms with E-state index in [4.69, 9.17) is 21.3 Å². The zero-order valence-electron chi connectivity index (χ0n) is 9.29. The predicted octanol–water partition coefficient (Wildman–Crippen LogP) is 1.84. The second-order valence-corrected chi connectivity index (χ2v) is 5.16. The Morgan fingerprint density at radius 3 is 3.06 bits per heavy atom. The lowest BCUT2D eigenvalue weighted by Gasteiger charge is -1.95. The number of oxazole rings is 1.